The van der Waals surface area contributed by atoms with Gasteiger partial charge in [0.2, 0.25) is 0 Å². The number of hydrogen-bond acceptors (Lipinski definition) is 4. The summed E-state index contributed by atoms with van der Waals surface area (Å²) in [5, 5.41) is 2.17. The van der Waals surface area contributed by atoms with E-state index < -0.39 is 13.7 Å². The van der Waals surface area contributed by atoms with Crippen LogP contribution in [-0.4, -0.2) is 39.5 Å². The molecule has 5 rings (SSSR count). The monoisotopic (exact) mass is 571 g/mol. The molecule has 0 radical (unpaired) electrons. The molecule has 0 saturated carbocycles. The van der Waals surface area contributed by atoms with Crippen LogP contribution in [0.4, 0.5) is 4.39 Å². The van der Waals surface area contributed by atoms with Crippen LogP contribution in [0, 0.1) is 5.82 Å². The highest BCUT2D eigenvalue weighted by Gasteiger charge is 2.38. The van der Waals surface area contributed by atoms with E-state index >= 15 is 0 Å². The number of piperidine rings is 1. The number of hydrogen-bond donors (Lipinski definition) is 0. The van der Waals surface area contributed by atoms with Crippen molar-refractivity contribution >= 4 is 18.8 Å². The minimum absolute atomic E-state index is 0.229. The smallest absolute Gasteiger partial charge is 0.189 e. The van der Waals surface area contributed by atoms with E-state index in [1.54, 1.807) is 12.1 Å². The number of ether oxygens (including phenoxy) is 3. The number of fused-ring (bicyclic) bond motifs is 1. The molecule has 1 saturated heterocycles. The summed E-state index contributed by atoms with van der Waals surface area (Å²) in [6, 6.07) is 31.1. The zero-order valence-electron chi connectivity index (χ0n) is 24.6. The van der Waals surface area contributed by atoms with E-state index in [2.05, 4.69) is 73.1 Å². The molecule has 1 fully saturated rings. The van der Waals surface area contributed by atoms with Gasteiger partial charge >= 0.3 is 0 Å². The molecule has 1 aliphatic rings. The molecule has 0 aliphatic carbocycles. The maximum atomic E-state index is 13.9. The van der Waals surface area contributed by atoms with Crippen LogP contribution in [-0.2, 0) is 28.2 Å². The molecule has 1 aliphatic heterocycles. The molecular weight excluding hydrogens is 529 g/mol. The van der Waals surface area contributed by atoms with Gasteiger partial charge in [0.05, 0.1) is 6.61 Å². The van der Waals surface area contributed by atoms with E-state index in [0.717, 1.165) is 72.8 Å². The number of benzene rings is 4. The summed E-state index contributed by atoms with van der Waals surface area (Å²) in [5.74, 6) is 0.588. The van der Waals surface area contributed by atoms with E-state index in [1.165, 1.54) is 5.56 Å². The second-order valence-electron chi connectivity index (χ2n) is 12.4. The average molecular weight is 572 g/mol. The number of halogens is 1. The van der Waals surface area contributed by atoms with Gasteiger partial charge in [-0.2, -0.15) is 0 Å². The summed E-state index contributed by atoms with van der Waals surface area (Å²) in [5.41, 5.74) is 2.87. The predicted molar refractivity (Wildman–Crippen MR) is 167 cm³/mol. The van der Waals surface area contributed by atoms with Crippen LogP contribution in [0.25, 0.3) is 10.8 Å². The van der Waals surface area contributed by atoms with Crippen molar-refractivity contribution in [1.29, 1.82) is 0 Å². The molecule has 0 aromatic heterocycles. The lowest BCUT2D eigenvalue weighted by Gasteiger charge is -2.43. The first-order valence-corrected chi connectivity index (χ1v) is 18.4. The Morgan fingerprint density at radius 1 is 0.878 bits per heavy atom. The van der Waals surface area contributed by atoms with E-state index in [4.69, 9.17) is 14.2 Å². The minimum atomic E-state index is -1.14. The van der Waals surface area contributed by atoms with Crippen molar-refractivity contribution in [1.82, 2.24) is 4.90 Å². The van der Waals surface area contributed by atoms with Crippen molar-refractivity contribution in [2.45, 2.75) is 57.3 Å². The summed E-state index contributed by atoms with van der Waals surface area (Å²) in [7, 11) is -1.14. The Bertz CT molecular complexity index is 1410. The fraction of sp³-hybridized carbons (Fsp3) is 0.371. The zero-order valence-corrected chi connectivity index (χ0v) is 25.6. The lowest BCUT2D eigenvalue weighted by Crippen LogP contribution is -2.47. The lowest BCUT2D eigenvalue weighted by molar-refractivity contribution is -0.107. The fourth-order valence-electron chi connectivity index (χ4n) is 5.55. The van der Waals surface area contributed by atoms with Crippen LogP contribution < -0.4 is 4.74 Å². The van der Waals surface area contributed by atoms with Gasteiger partial charge in [0.15, 0.2) is 6.79 Å². The van der Waals surface area contributed by atoms with Crippen LogP contribution in [0.15, 0.2) is 91.0 Å². The van der Waals surface area contributed by atoms with Crippen LogP contribution >= 0.6 is 0 Å². The Morgan fingerprint density at radius 3 is 2.46 bits per heavy atom. The minimum Gasteiger partial charge on any atom is -0.467 e. The van der Waals surface area contributed by atoms with Crippen molar-refractivity contribution in [2.24, 2.45) is 0 Å². The first-order valence-electron chi connectivity index (χ1n) is 14.7. The summed E-state index contributed by atoms with van der Waals surface area (Å²) in [4.78, 5) is 2.46. The summed E-state index contributed by atoms with van der Waals surface area (Å²) < 4.78 is 32.6. The van der Waals surface area contributed by atoms with Crippen molar-refractivity contribution in [2.75, 3.05) is 26.5 Å². The fourth-order valence-corrected chi connectivity index (χ4v) is 6.30. The molecule has 216 valence electrons. The molecule has 0 bridgehead atoms. The first kappa shape index (κ1) is 29.5. The van der Waals surface area contributed by atoms with Crippen molar-refractivity contribution in [3.63, 3.8) is 0 Å². The standard InChI is InChI=1S/C35H42FNO3Si/c1-41(2,3)22-21-38-27-39-34-12-7-11-30-14-13-29(23-33(30)34)25-40-35(31-15-17-32(36)18-16-31)19-8-20-37(26-35)24-28-9-5-4-6-10-28/h4-7,9-18,23H,8,19-22,24-27H2,1-3H3. The molecule has 1 unspecified atom stereocenters. The molecule has 41 heavy (non-hydrogen) atoms. The molecule has 0 N–H and O–H groups in total. The largest absolute Gasteiger partial charge is 0.467 e. The summed E-state index contributed by atoms with van der Waals surface area (Å²) in [6.45, 7) is 11.1. The van der Waals surface area contributed by atoms with Gasteiger partial charge in [0.25, 0.3) is 0 Å². The highest BCUT2D eigenvalue weighted by Crippen LogP contribution is 2.37. The van der Waals surface area contributed by atoms with Gasteiger partial charge in [-0.05, 0) is 71.8 Å². The maximum Gasteiger partial charge on any atom is 0.189 e. The second-order valence-corrected chi connectivity index (χ2v) is 18.0. The lowest BCUT2D eigenvalue weighted by atomic mass is 9.85. The average Bonchev–Trinajstić information content (AvgIpc) is 2.96. The highest BCUT2D eigenvalue weighted by molar-refractivity contribution is 6.76. The number of nitrogens with zero attached hydrogens (tertiary/aromatic N) is 1. The van der Waals surface area contributed by atoms with Gasteiger partial charge in [-0.3, -0.25) is 4.90 Å². The van der Waals surface area contributed by atoms with E-state index in [0.29, 0.717) is 6.61 Å². The van der Waals surface area contributed by atoms with E-state index in [9.17, 15) is 4.39 Å². The van der Waals surface area contributed by atoms with E-state index in [1.807, 2.05) is 30.3 Å². The molecule has 4 nitrogen and oxygen atoms in total. The third kappa shape index (κ3) is 8.04. The third-order valence-electron chi connectivity index (χ3n) is 7.87. The van der Waals surface area contributed by atoms with Gasteiger partial charge in [-0.15, -0.1) is 0 Å². The highest BCUT2D eigenvalue weighted by atomic mass is 28.3. The van der Waals surface area contributed by atoms with Gasteiger partial charge in [0.1, 0.15) is 17.2 Å². The number of likely N-dealkylation sites (tertiary alicyclic amines) is 1. The Hall–Kier alpha value is -3.03. The summed E-state index contributed by atoms with van der Waals surface area (Å²) in [6.07, 6.45) is 1.90. The Kier molecular flexibility index (Phi) is 9.55. The topological polar surface area (TPSA) is 30.9 Å². The SMILES string of the molecule is C[Si](C)(C)CCOCOc1cccc2ccc(COC3(c4ccc(F)cc4)CCCN(Cc4ccccc4)C3)cc12. The second kappa shape index (κ2) is 13.3. The molecule has 6 heteroatoms. The normalized spacial score (nSPS) is 18.0. The van der Waals surface area contributed by atoms with Crippen LogP contribution in [0.1, 0.15) is 29.5 Å². The zero-order chi connectivity index (χ0) is 28.7. The van der Waals surface area contributed by atoms with Crippen molar-refractivity contribution in [3.05, 3.63) is 114 Å². The quantitative estimate of drug-likeness (QED) is 0.0971. The van der Waals surface area contributed by atoms with Crippen LogP contribution in [0.3, 0.4) is 0 Å². The molecule has 4 aromatic carbocycles. The van der Waals surface area contributed by atoms with Gasteiger partial charge in [0, 0.05) is 33.2 Å². The Morgan fingerprint density at radius 2 is 1.68 bits per heavy atom. The van der Waals surface area contributed by atoms with Gasteiger partial charge < -0.3 is 14.2 Å². The molecule has 0 amide bonds. The van der Waals surface area contributed by atoms with Crippen molar-refractivity contribution < 1.29 is 18.6 Å². The Labute approximate surface area is 245 Å². The third-order valence-corrected chi connectivity index (χ3v) is 9.57. The predicted octanol–water partition coefficient (Wildman–Crippen LogP) is 8.38. The van der Waals surface area contributed by atoms with Crippen LogP contribution in [0.5, 0.6) is 5.75 Å². The van der Waals surface area contributed by atoms with Gasteiger partial charge in [-0.25, -0.2) is 4.39 Å². The van der Waals surface area contributed by atoms with E-state index in [-0.39, 0.29) is 12.6 Å². The molecule has 1 heterocycles. The first-order chi connectivity index (χ1) is 19.8. The maximum absolute atomic E-state index is 13.9. The molecule has 1 atom stereocenters. The van der Waals surface area contributed by atoms with Gasteiger partial charge in [-0.1, -0.05) is 86.4 Å². The molecular formula is C35H42FNO3Si. The molecule has 0 spiro atoms. The Balaban J connectivity index is 1.32. The summed E-state index contributed by atoms with van der Waals surface area (Å²) >= 11 is 0. The molecule has 4 aromatic rings. The number of rotatable bonds is 12. The van der Waals surface area contributed by atoms with Crippen molar-refractivity contribution in [3.8, 4) is 5.75 Å². The van der Waals surface area contributed by atoms with Crippen LogP contribution in [0.2, 0.25) is 25.7 Å².